The van der Waals surface area contributed by atoms with E-state index in [-0.39, 0.29) is 0 Å². The van der Waals surface area contributed by atoms with Gasteiger partial charge >= 0.3 is 0 Å². The molecule has 0 aromatic rings. The summed E-state index contributed by atoms with van der Waals surface area (Å²) in [6, 6.07) is 0. The molecule has 0 bridgehead atoms. The quantitative estimate of drug-likeness (QED) is 0.321. The number of hydrogen-bond donors (Lipinski definition) is 3. The Morgan fingerprint density at radius 1 is 1.58 bits per heavy atom. The van der Waals surface area contributed by atoms with Crippen molar-refractivity contribution < 1.29 is 0 Å². The minimum absolute atomic E-state index is 0.458. The summed E-state index contributed by atoms with van der Waals surface area (Å²) < 4.78 is 0. The van der Waals surface area contributed by atoms with E-state index in [1.54, 1.807) is 6.92 Å². The summed E-state index contributed by atoms with van der Waals surface area (Å²) in [6.45, 7) is 8.93. The zero-order chi connectivity index (χ0) is 9.56. The van der Waals surface area contributed by atoms with Gasteiger partial charge in [-0.05, 0) is 18.7 Å². The lowest BCUT2D eigenvalue weighted by Crippen LogP contribution is -2.13. The molecule has 12 heavy (non-hydrogen) atoms. The molecule has 0 heterocycles. The molecule has 4 heteroatoms. The molecule has 0 saturated heterocycles. The molecular formula is C8H14N4. The minimum atomic E-state index is 0.458. The Morgan fingerprint density at radius 2 is 2.17 bits per heavy atom. The summed E-state index contributed by atoms with van der Waals surface area (Å²) in [7, 11) is 0. The molecule has 0 aliphatic heterocycles. The van der Waals surface area contributed by atoms with E-state index in [0.717, 1.165) is 11.9 Å². The van der Waals surface area contributed by atoms with Gasteiger partial charge in [-0.2, -0.15) is 0 Å². The molecule has 0 fully saturated rings. The molecule has 0 atom stereocenters. The van der Waals surface area contributed by atoms with E-state index in [1.165, 1.54) is 6.20 Å². The van der Waals surface area contributed by atoms with Gasteiger partial charge in [-0.3, -0.25) is 0 Å². The topological polar surface area (TPSA) is 76.4 Å². The minimum Gasteiger partial charge on any atom is -0.396 e. The number of rotatable bonds is 4. The first kappa shape index (κ1) is 10.3. The van der Waals surface area contributed by atoms with E-state index in [1.807, 2.05) is 0 Å². The Balaban J connectivity index is 4.78. The molecule has 0 radical (unpaired) electrons. The second-order valence-corrected chi connectivity index (χ2v) is 2.17. The third kappa shape index (κ3) is 2.92. The molecule has 0 aromatic carbocycles. The van der Waals surface area contributed by atoms with Gasteiger partial charge in [0.05, 0.1) is 12.0 Å². The van der Waals surface area contributed by atoms with Gasteiger partial charge in [0.2, 0.25) is 0 Å². The fourth-order valence-corrected chi connectivity index (χ4v) is 0.558. The van der Waals surface area contributed by atoms with Crippen LogP contribution in [0.4, 0.5) is 0 Å². The highest BCUT2D eigenvalue weighted by atomic mass is 15.0. The van der Waals surface area contributed by atoms with Crippen molar-refractivity contribution in [3.05, 3.63) is 36.4 Å². The number of nitrogens with zero attached hydrogens (tertiary/aromatic N) is 1. The zero-order valence-corrected chi connectivity index (χ0v) is 7.17. The van der Waals surface area contributed by atoms with Crippen molar-refractivity contribution in [2.24, 2.45) is 16.5 Å². The van der Waals surface area contributed by atoms with Crippen LogP contribution in [0.15, 0.2) is 41.4 Å². The number of nitrogens with one attached hydrogen (secondary N) is 1. The second-order valence-electron chi connectivity index (χ2n) is 2.17. The Kier molecular flexibility index (Phi) is 4.30. The van der Waals surface area contributed by atoms with Gasteiger partial charge in [0, 0.05) is 0 Å². The van der Waals surface area contributed by atoms with E-state index in [2.05, 4.69) is 23.5 Å². The van der Waals surface area contributed by atoms with Gasteiger partial charge < -0.3 is 16.8 Å². The lowest BCUT2D eigenvalue weighted by molar-refractivity contribution is 0.986. The van der Waals surface area contributed by atoms with Crippen molar-refractivity contribution >= 4 is 6.34 Å². The molecule has 0 aliphatic carbocycles. The van der Waals surface area contributed by atoms with Crippen molar-refractivity contribution in [3.63, 3.8) is 0 Å². The number of allylic oxidation sites excluding steroid dienone is 1. The standard InChI is InChI=1S/C8H14N4/c1-4-11-8(12-5-9)7(10)6(2)3/h4-5,11H,1-2,10H2,3H3,(H2,9,12)/b8-7+. The molecule has 0 aliphatic rings. The Hall–Kier alpha value is -1.71. The predicted octanol–water partition coefficient (Wildman–Crippen LogP) is 0.410. The van der Waals surface area contributed by atoms with Gasteiger partial charge in [-0.1, -0.05) is 13.2 Å². The number of aliphatic imine (C=N–C) groups is 1. The molecular weight excluding hydrogens is 152 g/mol. The third-order valence-electron chi connectivity index (χ3n) is 1.16. The molecule has 0 spiro atoms. The van der Waals surface area contributed by atoms with Crippen LogP contribution in [0.5, 0.6) is 0 Å². The third-order valence-corrected chi connectivity index (χ3v) is 1.16. The molecule has 66 valence electrons. The van der Waals surface area contributed by atoms with Crippen LogP contribution >= 0.6 is 0 Å². The van der Waals surface area contributed by atoms with E-state index >= 15 is 0 Å². The van der Waals surface area contributed by atoms with Crippen LogP contribution in [-0.2, 0) is 0 Å². The Labute approximate surface area is 72.4 Å². The smallest absolute Gasteiger partial charge is 0.155 e. The van der Waals surface area contributed by atoms with Crippen LogP contribution in [0.3, 0.4) is 0 Å². The average Bonchev–Trinajstić information content (AvgIpc) is 2.03. The van der Waals surface area contributed by atoms with E-state index in [4.69, 9.17) is 11.5 Å². The first-order valence-corrected chi connectivity index (χ1v) is 3.40. The lowest BCUT2D eigenvalue weighted by atomic mass is 10.2. The van der Waals surface area contributed by atoms with E-state index in [0.29, 0.717) is 11.5 Å². The molecule has 0 aromatic heterocycles. The Morgan fingerprint density at radius 3 is 2.50 bits per heavy atom. The molecule has 0 rings (SSSR count). The maximum atomic E-state index is 5.63. The van der Waals surface area contributed by atoms with Crippen LogP contribution in [0.1, 0.15) is 6.92 Å². The summed E-state index contributed by atoms with van der Waals surface area (Å²) >= 11 is 0. The van der Waals surface area contributed by atoms with E-state index < -0.39 is 0 Å². The van der Waals surface area contributed by atoms with Crippen LogP contribution in [0.25, 0.3) is 0 Å². The van der Waals surface area contributed by atoms with Crippen LogP contribution in [0, 0.1) is 0 Å². The highest BCUT2D eigenvalue weighted by Crippen LogP contribution is 2.04. The SMILES string of the molecule is C=CN/C(N=CN)=C(\N)C(=C)C. The lowest BCUT2D eigenvalue weighted by Gasteiger charge is -2.05. The van der Waals surface area contributed by atoms with Crippen molar-refractivity contribution in [1.82, 2.24) is 5.32 Å². The highest BCUT2D eigenvalue weighted by Gasteiger charge is 1.99. The maximum absolute atomic E-state index is 5.63. The second kappa shape index (κ2) is 5.01. The average molecular weight is 166 g/mol. The molecule has 0 amide bonds. The normalized spacial score (nSPS) is 12.4. The van der Waals surface area contributed by atoms with Crippen molar-refractivity contribution in [3.8, 4) is 0 Å². The summed E-state index contributed by atoms with van der Waals surface area (Å²) in [6.07, 6.45) is 2.62. The zero-order valence-electron chi connectivity index (χ0n) is 7.17. The Bertz CT molecular complexity index is 237. The summed E-state index contributed by atoms with van der Waals surface area (Å²) in [4.78, 5) is 3.80. The van der Waals surface area contributed by atoms with Crippen LogP contribution in [-0.4, -0.2) is 6.34 Å². The van der Waals surface area contributed by atoms with Crippen LogP contribution < -0.4 is 16.8 Å². The van der Waals surface area contributed by atoms with Gasteiger partial charge in [-0.15, -0.1) is 0 Å². The summed E-state index contributed by atoms with van der Waals surface area (Å²) in [5.74, 6) is 0.458. The monoisotopic (exact) mass is 166 g/mol. The van der Waals surface area contributed by atoms with Crippen LogP contribution in [0.2, 0.25) is 0 Å². The number of hydrogen-bond acceptors (Lipinski definition) is 3. The van der Waals surface area contributed by atoms with Gasteiger partial charge in [-0.25, -0.2) is 4.99 Å². The fourth-order valence-electron chi connectivity index (χ4n) is 0.558. The first-order valence-electron chi connectivity index (χ1n) is 3.40. The molecule has 0 saturated carbocycles. The molecule has 4 nitrogen and oxygen atoms in total. The number of nitrogens with two attached hydrogens (primary N) is 2. The maximum Gasteiger partial charge on any atom is 0.155 e. The molecule has 5 N–H and O–H groups in total. The van der Waals surface area contributed by atoms with Gasteiger partial charge in [0.1, 0.15) is 0 Å². The predicted molar refractivity (Wildman–Crippen MR) is 52.0 cm³/mol. The van der Waals surface area contributed by atoms with Crippen molar-refractivity contribution in [2.45, 2.75) is 6.92 Å². The van der Waals surface area contributed by atoms with Gasteiger partial charge in [0.25, 0.3) is 0 Å². The first-order chi connectivity index (χ1) is 5.63. The molecule has 0 unspecified atom stereocenters. The van der Waals surface area contributed by atoms with Gasteiger partial charge in [0.15, 0.2) is 5.82 Å². The largest absolute Gasteiger partial charge is 0.396 e. The van der Waals surface area contributed by atoms with Crippen molar-refractivity contribution in [1.29, 1.82) is 0 Å². The highest BCUT2D eigenvalue weighted by molar-refractivity contribution is 5.54. The summed E-state index contributed by atoms with van der Waals surface area (Å²) in [5.41, 5.74) is 11.9. The fraction of sp³-hybridized carbons (Fsp3) is 0.125. The van der Waals surface area contributed by atoms with Crippen molar-refractivity contribution in [2.75, 3.05) is 0 Å². The summed E-state index contributed by atoms with van der Waals surface area (Å²) in [5, 5.41) is 2.74. The van der Waals surface area contributed by atoms with E-state index in [9.17, 15) is 0 Å².